The van der Waals surface area contributed by atoms with Gasteiger partial charge >= 0.3 is 0 Å². The Morgan fingerprint density at radius 1 is 1.10 bits per heavy atom. The lowest BCUT2D eigenvalue weighted by Gasteiger charge is -2.15. The Morgan fingerprint density at radius 2 is 1.73 bits per heavy atom. The Labute approximate surface area is 178 Å². The molecule has 1 amide bonds. The molecule has 6 heteroatoms. The highest BCUT2D eigenvalue weighted by atomic mass is 16.5. The molecule has 2 N–H and O–H groups in total. The first-order valence-electron chi connectivity index (χ1n) is 10.5. The minimum atomic E-state index is -0.504. The Bertz CT molecular complexity index is 1080. The van der Waals surface area contributed by atoms with Crippen molar-refractivity contribution < 1.29 is 14.3 Å². The van der Waals surface area contributed by atoms with Crippen LogP contribution < -0.4 is 15.2 Å². The number of aromatic nitrogens is 2. The Kier molecular flexibility index (Phi) is 6.34. The zero-order valence-corrected chi connectivity index (χ0v) is 18.7. The molecule has 2 aromatic heterocycles. The summed E-state index contributed by atoms with van der Waals surface area (Å²) in [5, 5.41) is 0. The van der Waals surface area contributed by atoms with Crippen LogP contribution in [-0.4, -0.2) is 29.5 Å². The maximum atomic E-state index is 12.6. The van der Waals surface area contributed by atoms with Crippen LogP contribution >= 0.6 is 0 Å². The highest BCUT2D eigenvalue weighted by molar-refractivity contribution is 5.99. The van der Waals surface area contributed by atoms with E-state index in [1.165, 1.54) is 5.56 Å². The number of hydrogen-bond donors (Lipinski definition) is 1. The molecule has 3 aromatic rings. The molecular weight excluding hydrogens is 378 g/mol. The number of benzene rings is 1. The van der Waals surface area contributed by atoms with Gasteiger partial charge < -0.3 is 15.2 Å². The molecule has 0 aliphatic carbocycles. The number of methoxy groups -OCH3 is 2. The van der Waals surface area contributed by atoms with Crippen molar-refractivity contribution >= 4 is 11.6 Å². The lowest BCUT2D eigenvalue weighted by Crippen LogP contribution is -2.16. The maximum absolute atomic E-state index is 12.6. The van der Waals surface area contributed by atoms with Gasteiger partial charge in [0.05, 0.1) is 14.2 Å². The summed E-state index contributed by atoms with van der Waals surface area (Å²) in [6.07, 6.45) is 4.83. The number of ether oxygens (including phenoxy) is 2. The van der Waals surface area contributed by atoms with E-state index in [9.17, 15) is 4.79 Å². The van der Waals surface area contributed by atoms with Gasteiger partial charge in [-0.2, -0.15) is 0 Å². The standard InChI is InChI=1S/C24H31N3O3/c1-7-15(8-2)17-10-14(4)24-26-21(22(23(25)28)27(24)13-17)18-12-20(30-6)19(29-5)11-16(18)9-3/h10-13,15H,7-9H2,1-6H3,(H2,25,28). The number of aryl methyl sites for hydroxylation is 2. The van der Waals surface area contributed by atoms with Crippen molar-refractivity contribution in [2.24, 2.45) is 5.73 Å². The minimum absolute atomic E-state index is 0.392. The largest absolute Gasteiger partial charge is 0.493 e. The number of hydrogen-bond acceptors (Lipinski definition) is 4. The third-order valence-electron chi connectivity index (χ3n) is 5.86. The molecule has 0 radical (unpaired) electrons. The number of primary amides is 1. The number of nitrogens with two attached hydrogens (primary N) is 1. The fraction of sp³-hybridized carbons (Fsp3) is 0.417. The van der Waals surface area contributed by atoms with Crippen LogP contribution in [0.4, 0.5) is 0 Å². The fourth-order valence-corrected chi connectivity index (χ4v) is 4.18. The fourth-order valence-electron chi connectivity index (χ4n) is 4.18. The third-order valence-corrected chi connectivity index (χ3v) is 5.86. The number of carbonyl (C=O) groups excluding carboxylic acids is 1. The molecule has 0 spiro atoms. The van der Waals surface area contributed by atoms with E-state index in [0.29, 0.717) is 28.8 Å². The summed E-state index contributed by atoms with van der Waals surface area (Å²) >= 11 is 0. The molecule has 0 atom stereocenters. The van der Waals surface area contributed by atoms with Crippen molar-refractivity contribution in [3.63, 3.8) is 0 Å². The van der Waals surface area contributed by atoms with Crippen LogP contribution in [0, 0.1) is 6.92 Å². The van der Waals surface area contributed by atoms with Crippen molar-refractivity contribution in [1.29, 1.82) is 0 Å². The van der Waals surface area contributed by atoms with Crippen LogP contribution in [0.2, 0.25) is 0 Å². The summed E-state index contributed by atoms with van der Waals surface area (Å²) in [6.45, 7) is 8.44. The molecule has 0 saturated carbocycles. The van der Waals surface area contributed by atoms with Crippen molar-refractivity contribution in [2.75, 3.05) is 14.2 Å². The molecule has 2 heterocycles. The summed E-state index contributed by atoms with van der Waals surface area (Å²) in [7, 11) is 3.21. The lowest BCUT2D eigenvalue weighted by molar-refractivity contribution is 0.0995. The van der Waals surface area contributed by atoms with Crippen LogP contribution in [0.1, 0.15) is 66.7 Å². The van der Waals surface area contributed by atoms with E-state index < -0.39 is 5.91 Å². The normalized spacial score (nSPS) is 11.3. The zero-order chi connectivity index (χ0) is 22.0. The van der Waals surface area contributed by atoms with Crippen LogP contribution in [0.5, 0.6) is 11.5 Å². The first-order valence-corrected chi connectivity index (χ1v) is 10.5. The van der Waals surface area contributed by atoms with Gasteiger partial charge in [0.1, 0.15) is 17.0 Å². The van der Waals surface area contributed by atoms with Gasteiger partial charge in [-0.25, -0.2) is 4.98 Å². The van der Waals surface area contributed by atoms with Crippen molar-refractivity contribution in [3.05, 3.63) is 46.8 Å². The average Bonchev–Trinajstić information content (AvgIpc) is 3.13. The predicted molar refractivity (Wildman–Crippen MR) is 120 cm³/mol. The van der Waals surface area contributed by atoms with Gasteiger partial charge in [-0.3, -0.25) is 9.20 Å². The van der Waals surface area contributed by atoms with Gasteiger partial charge in [0.15, 0.2) is 11.5 Å². The molecule has 30 heavy (non-hydrogen) atoms. The topological polar surface area (TPSA) is 78.8 Å². The monoisotopic (exact) mass is 409 g/mol. The Hall–Kier alpha value is -3.02. The van der Waals surface area contributed by atoms with E-state index in [4.69, 9.17) is 20.2 Å². The lowest BCUT2D eigenvalue weighted by atomic mass is 9.94. The van der Waals surface area contributed by atoms with Gasteiger partial charge in [0, 0.05) is 11.8 Å². The molecule has 0 saturated heterocycles. The second-order valence-corrected chi connectivity index (χ2v) is 7.55. The zero-order valence-electron chi connectivity index (χ0n) is 18.7. The first kappa shape index (κ1) is 21.7. The Balaban J connectivity index is 2.36. The number of rotatable bonds is 8. The summed E-state index contributed by atoms with van der Waals surface area (Å²) in [5.41, 5.74) is 11.6. The molecular formula is C24H31N3O3. The van der Waals surface area contributed by atoms with Gasteiger partial charge in [-0.15, -0.1) is 0 Å². The SMILES string of the molecule is CCc1cc(OC)c(OC)cc1-c1nc2c(C)cc(C(CC)CC)cn2c1C(N)=O. The van der Waals surface area contributed by atoms with Crippen LogP contribution in [-0.2, 0) is 6.42 Å². The molecule has 3 rings (SSSR count). The molecule has 1 aromatic carbocycles. The molecule has 0 unspecified atom stereocenters. The predicted octanol–water partition coefficient (Wildman–Crippen LogP) is 4.89. The number of imidazole rings is 1. The number of carbonyl (C=O) groups is 1. The highest BCUT2D eigenvalue weighted by Crippen LogP contribution is 2.38. The Morgan fingerprint density at radius 3 is 2.27 bits per heavy atom. The minimum Gasteiger partial charge on any atom is -0.493 e. The number of nitrogens with zero attached hydrogens (tertiary/aromatic N) is 2. The average molecular weight is 410 g/mol. The smallest absolute Gasteiger partial charge is 0.268 e. The van der Waals surface area contributed by atoms with Crippen LogP contribution in [0.15, 0.2) is 24.4 Å². The van der Waals surface area contributed by atoms with E-state index in [1.807, 2.05) is 29.7 Å². The van der Waals surface area contributed by atoms with Crippen LogP contribution in [0.25, 0.3) is 16.9 Å². The van der Waals surface area contributed by atoms with Gasteiger partial charge in [0.2, 0.25) is 0 Å². The van der Waals surface area contributed by atoms with Gasteiger partial charge in [-0.05, 0) is 60.9 Å². The molecule has 6 nitrogen and oxygen atoms in total. The first-order chi connectivity index (χ1) is 14.4. The second kappa shape index (κ2) is 8.78. The van der Waals surface area contributed by atoms with Gasteiger partial charge in [0.25, 0.3) is 5.91 Å². The maximum Gasteiger partial charge on any atom is 0.268 e. The molecule has 0 aliphatic rings. The number of fused-ring (bicyclic) bond motifs is 1. The highest BCUT2D eigenvalue weighted by Gasteiger charge is 2.24. The molecule has 0 bridgehead atoms. The van der Waals surface area contributed by atoms with E-state index in [2.05, 4.69) is 26.8 Å². The molecule has 160 valence electrons. The van der Waals surface area contributed by atoms with Crippen molar-refractivity contribution in [1.82, 2.24) is 9.38 Å². The number of pyridine rings is 1. The quantitative estimate of drug-likeness (QED) is 0.574. The summed E-state index contributed by atoms with van der Waals surface area (Å²) in [5.74, 6) is 1.16. The number of amides is 1. The second-order valence-electron chi connectivity index (χ2n) is 7.55. The van der Waals surface area contributed by atoms with Crippen molar-refractivity contribution in [3.8, 4) is 22.8 Å². The van der Waals surface area contributed by atoms with E-state index in [1.54, 1.807) is 14.2 Å². The summed E-state index contributed by atoms with van der Waals surface area (Å²) in [4.78, 5) is 17.4. The van der Waals surface area contributed by atoms with E-state index >= 15 is 0 Å². The molecule has 0 fully saturated rings. The third kappa shape index (κ3) is 3.62. The summed E-state index contributed by atoms with van der Waals surface area (Å²) in [6, 6.07) is 5.98. The van der Waals surface area contributed by atoms with Gasteiger partial charge in [-0.1, -0.05) is 26.8 Å². The van der Waals surface area contributed by atoms with Crippen molar-refractivity contribution in [2.45, 2.75) is 52.9 Å². The van der Waals surface area contributed by atoms with E-state index in [0.717, 1.165) is 41.6 Å². The summed E-state index contributed by atoms with van der Waals surface area (Å²) < 4.78 is 12.8. The van der Waals surface area contributed by atoms with Crippen LogP contribution in [0.3, 0.4) is 0 Å². The molecule has 0 aliphatic heterocycles. The van der Waals surface area contributed by atoms with E-state index in [-0.39, 0.29) is 0 Å².